The summed E-state index contributed by atoms with van der Waals surface area (Å²) in [6.45, 7) is 10.3. The number of carbonyl (C=O) groups excluding carboxylic acids is 1. The van der Waals surface area contributed by atoms with Crippen molar-refractivity contribution in [2.75, 3.05) is 0 Å². The summed E-state index contributed by atoms with van der Waals surface area (Å²) in [5, 5.41) is 11.6. The molecule has 2 N–H and O–H groups in total. The van der Waals surface area contributed by atoms with E-state index >= 15 is 0 Å². The number of rotatable bonds is 7. The van der Waals surface area contributed by atoms with Crippen molar-refractivity contribution >= 4 is 11.9 Å². The van der Waals surface area contributed by atoms with Gasteiger partial charge in [-0.2, -0.15) is 0 Å². The van der Waals surface area contributed by atoms with Gasteiger partial charge in [0.25, 0.3) is 0 Å². The molecular weight excluding hydrogens is 230 g/mol. The molecule has 0 aliphatic carbocycles. The van der Waals surface area contributed by atoms with Crippen LogP contribution in [0.3, 0.4) is 0 Å². The summed E-state index contributed by atoms with van der Waals surface area (Å²) in [5.74, 6) is -0.845. The zero-order chi connectivity index (χ0) is 14.3. The second kappa shape index (κ2) is 7.39. The van der Waals surface area contributed by atoms with Crippen LogP contribution in [-0.2, 0) is 9.59 Å². The highest BCUT2D eigenvalue weighted by atomic mass is 16.4. The second-order valence-corrected chi connectivity index (χ2v) is 6.32. The molecular formula is C14H27NO3. The van der Waals surface area contributed by atoms with Crippen LogP contribution in [0.5, 0.6) is 0 Å². The average molecular weight is 257 g/mol. The first-order chi connectivity index (χ1) is 8.15. The number of hydrogen-bond acceptors (Lipinski definition) is 2. The second-order valence-electron chi connectivity index (χ2n) is 6.32. The van der Waals surface area contributed by atoms with E-state index < -0.39 is 12.0 Å². The van der Waals surface area contributed by atoms with Crippen LogP contribution in [0, 0.1) is 11.3 Å². The third-order valence-corrected chi connectivity index (χ3v) is 2.71. The number of carbonyl (C=O) groups is 2. The topological polar surface area (TPSA) is 66.4 Å². The summed E-state index contributed by atoms with van der Waals surface area (Å²) in [6, 6.07) is -0.746. The number of nitrogens with one attached hydrogen (secondary N) is 1. The summed E-state index contributed by atoms with van der Waals surface area (Å²) in [5.41, 5.74) is 0.190. The molecule has 2 atom stereocenters. The molecule has 4 heteroatoms. The maximum Gasteiger partial charge on any atom is 0.326 e. The molecule has 0 saturated heterocycles. The molecule has 0 heterocycles. The van der Waals surface area contributed by atoms with E-state index in [1.54, 1.807) is 0 Å². The van der Waals surface area contributed by atoms with Crippen molar-refractivity contribution in [1.82, 2.24) is 5.32 Å². The van der Waals surface area contributed by atoms with E-state index in [1.807, 2.05) is 13.8 Å². The summed E-state index contributed by atoms with van der Waals surface area (Å²) >= 11 is 0. The molecule has 0 spiro atoms. The van der Waals surface area contributed by atoms with E-state index in [1.165, 1.54) is 0 Å². The molecule has 4 nitrogen and oxygen atoms in total. The SMILES string of the molecule is CCCC(NC(=O)CC(C)CC(C)(C)C)C(=O)O. The van der Waals surface area contributed by atoms with Gasteiger partial charge in [0.05, 0.1) is 0 Å². The van der Waals surface area contributed by atoms with Crippen LogP contribution in [0.25, 0.3) is 0 Å². The van der Waals surface area contributed by atoms with Gasteiger partial charge in [-0.3, -0.25) is 4.79 Å². The highest BCUT2D eigenvalue weighted by Crippen LogP contribution is 2.25. The van der Waals surface area contributed by atoms with Gasteiger partial charge >= 0.3 is 5.97 Å². The molecule has 0 aromatic carbocycles. The predicted octanol–water partition coefficient (Wildman–Crippen LogP) is 2.82. The minimum absolute atomic E-state index is 0.160. The van der Waals surface area contributed by atoms with Gasteiger partial charge in [0, 0.05) is 6.42 Å². The number of amides is 1. The van der Waals surface area contributed by atoms with Gasteiger partial charge in [-0.05, 0) is 24.2 Å². The van der Waals surface area contributed by atoms with Crippen LogP contribution < -0.4 is 5.32 Å². The molecule has 0 bridgehead atoms. The Morgan fingerprint density at radius 3 is 2.22 bits per heavy atom. The minimum Gasteiger partial charge on any atom is -0.480 e. The Morgan fingerprint density at radius 1 is 1.28 bits per heavy atom. The van der Waals surface area contributed by atoms with Gasteiger partial charge in [-0.25, -0.2) is 4.79 Å². The van der Waals surface area contributed by atoms with Crippen LogP contribution in [0.4, 0.5) is 0 Å². The van der Waals surface area contributed by atoms with Crippen LogP contribution in [0.1, 0.15) is 60.3 Å². The highest BCUT2D eigenvalue weighted by molar-refractivity contribution is 5.83. The van der Waals surface area contributed by atoms with Gasteiger partial charge in [0.1, 0.15) is 6.04 Å². The fourth-order valence-electron chi connectivity index (χ4n) is 2.23. The molecule has 0 fully saturated rings. The first-order valence-electron chi connectivity index (χ1n) is 6.68. The van der Waals surface area contributed by atoms with Crippen molar-refractivity contribution in [3.05, 3.63) is 0 Å². The van der Waals surface area contributed by atoms with E-state index in [0.29, 0.717) is 12.8 Å². The number of aliphatic carboxylic acids is 1. The van der Waals surface area contributed by atoms with Crippen LogP contribution in [-0.4, -0.2) is 23.0 Å². The summed E-state index contributed by atoms with van der Waals surface area (Å²) in [7, 11) is 0. The molecule has 0 radical (unpaired) electrons. The Bertz CT molecular complexity index is 281. The molecule has 18 heavy (non-hydrogen) atoms. The zero-order valence-corrected chi connectivity index (χ0v) is 12.2. The van der Waals surface area contributed by atoms with Crippen molar-refractivity contribution in [2.24, 2.45) is 11.3 Å². The van der Waals surface area contributed by atoms with Crippen molar-refractivity contribution in [1.29, 1.82) is 0 Å². The molecule has 2 unspecified atom stereocenters. The van der Waals surface area contributed by atoms with E-state index in [4.69, 9.17) is 5.11 Å². The lowest BCUT2D eigenvalue weighted by Crippen LogP contribution is -2.41. The Balaban J connectivity index is 4.20. The molecule has 0 saturated carbocycles. The molecule has 0 aliphatic rings. The fraction of sp³-hybridized carbons (Fsp3) is 0.857. The van der Waals surface area contributed by atoms with Crippen molar-refractivity contribution in [3.8, 4) is 0 Å². The lowest BCUT2D eigenvalue weighted by molar-refractivity contribution is -0.142. The first kappa shape index (κ1) is 16.9. The van der Waals surface area contributed by atoms with Crippen molar-refractivity contribution in [2.45, 2.75) is 66.3 Å². The van der Waals surface area contributed by atoms with Gasteiger partial charge < -0.3 is 10.4 Å². The predicted molar refractivity (Wildman–Crippen MR) is 72.3 cm³/mol. The van der Waals surface area contributed by atoms with Crippen LogP contribution >= 0.6 is 0 Å². The van der Waals surface area contributed by atoms with Crippen LogP contribution in [0.2, 0.25) is 0 Å². The van der Waals surface area contributed by atoms with E-state index in [2.05, 4.69) is 26.1 Å². The third-order valence-electron chi connectivity index (χ3n) is 2.71. The molecule has 0 aliphatic heterocycles. The lowest BCUT2D eigenvalue weighted by atomic mass is 9.84. The number of carboxylic acid groups (broad SMARTS) is 1. The van der Waals surface area contributed by atoms with Crippen molar-refractivity contribution < 1.29 is 14.7 Å². The van der Waals surface area contributed by atoms with Gasteiger partial charge in [0.15, 0.2) is 0 Å². The van der Waals surface area contributed by atoms with Crippen molar-refractivity contribution in [3.63, 3.8) is 0 Å². The summed E-state index contributed by atoms with van der Waals surface area (Å²) in [4.78, 5) is 22.7. The molecule has 0 rings (SSSR count). The Kier molecular flexibility index (Phi) is 6.96. The highest BCUT2D eigenvalue weighted by Gasteiger charge is 2.22. The Morgan fingerprint density at radius 2 is 1.83 bits per heavy atom. The smallest absolute Gasteiger partial charge is 0.326 e. The van der Waals surface area contributed by atoms with E-state index in [0.717, 1.165) is 12.8 Å². The quantitative estimate of drug-likeness (QED) is 0.737. The van der Waals surface area contributed by atoms with Gasteiger partial charge in [-0.15, -0.1) is 0 Å². The monoisotopic (exact) mass is 257 g/mol. The van der Waals surface area contributed by atoms with Gasteiger partial charge in [0.2, 0.25) is 5.91 Å². The van der Waals surface area contributed by atoms with Gasteiger partial charge in [-0.1, -0.05) is 41.0 Å². The normalized spacial score (nSPS) is 14.9. The molecule has 0 aromatic heterocycles. The lowest BCUT2D eigenvalue weighted by Gasteiger charge is -2.23. The average Bonchev–Trinajstić information content (AvgIpc) is 2.13. The van der Waals surface area contributed by atoms with Crippen LogP contribution in [0.15, 0.2) is 0 Å². The summed E-state index contributed by atoms with van der Waals surface area (Å²) in [6.07, 6.45) is 2.57. The zero-order valence-electron chi connectivity index (χ0n) is 12.2. The van der Waals surface area contributed by atoms with E-state index in [9.17, 15) is 9.59 Å². The number of hydrogen-bond donors (Lipinski definition) is 2. The first-order valence-corrected chi connectivity index (χ1v) is 6.68. The Hall–Kier alpha value is -1.06. The maximum absolute atomic E-state index is 11.8. The standard InChI is InChI=1S/C14H27NO3/c1-6-7-11(13(17)18)15-12(16)8-10(2)9-14(3,4)5/h10-11H,6-9H2,1-5H3,(H,15,16)(H,17,18). The number of carboxylic acids is 1. The summed E-state index contributed by atoms with van der Waals surface area (Å²) < 4.78 is 0. The molecule has 0 aromatic rings. The molecule has 106 valence electrons. The van der Waals surface area contributed by atoms with E-state index in [-0.39, 0.29) is 17.2 Å². The fourth-order valence-corrected chi connectivity index (χ4v) is 2.23. The maximum atomic E-state index is 11.8. The largest absolute Gasteiger partial charge is 0.480 e. The Labute approximate surface area is 110 Å². The minimum atomic E-state index is -0.950. The third kappa shape index (κ3) is 8.09. The molecule has 1 amide bonds.